The second-order valence-corrected chi connectivity index (χ2v) is 13.5. The first-order valence-corrected chi connectivity index (χ1v) is 13.9. The van der Waals surface area contributed by atoms with Crippen LogP contribution in [-0.2, 0) is 24.5 Å². The maximum atomic E-state index is 14.2. The molecule has 0 aliphatic heterocycles. The number of likely N-dealkylation sites (N-methyl/N-ethyl adjacent to an activating group) is 2. The minimum atomic E-state index is -0.997. The molecule has 3 atom stereocenters. The fourth-order valence-corrected chi connectivity index (χ4v) is 4.64. The van der Waals surface area contributed by atoms with Crippen LogP contribution in [0.1, 0.15) is 81.7 Å². The lowest BCUT2D eigenvalue weighted by molar-refractivity contribution is -0.139. The van der Waals surface area contributed by atoms with Crippen LogP contribution in [-0.4, -0.2) is 65.8 Å². The first-order chi connectivity index (χ1) is 18.1. The van der Waals surface area contributed by atoms with Crippen molar-refractivity contribution in [1.82, 2.24) is 15.1 Å². The molecule has 1 unspecified atom stereocenters. The zero-order chi connectivity index (χ0) is 31.2. The lowest BCUT2D eigenvalue weighted by atomic mass is 9.76. The van der Waals surface area contributed by atoms with E-state index in [-0.39, 0.29) is 17.7 Å². The van der Waals surface area contributed by atoms with Crippen LogP contribution in [0.3, 0.4) is 0 Å². The highest BCUT2D eigenvalue weighted by molar-refractivity contribution is 5.93. The highest BCUT2D eigenvalue weighted by Gasteiger charge is 2.45. The van der Waals surface area contributed by atoms with Gasteiger partial charge >= 0.3 is 6.09 Å². The Morgan fingerprint density at radius 3 is 1.85 bits per heavy atom. The predicted octanol–water partition coefficient (Wildman–Crippen LogP) is 5.56. The summed E-state index contributed by atoms with van der Waals surface area (Å²) in [4.78, 5) is 55.5. The third kappa shape index (κ3) is 9.20. The summed E-state index contributed by atoms with van der Waals surface area (Å²) in [7, 11) is 3.21. The molecule has 1 rings (SSSR count). The van der Waals surface area contributed by atoms with Crippen LogP contribution in [0.4, 0.5) is 4.79 Å². The molecule has 1 N–H and O–H groups in total. The van der Waals surface area contributed by atoms with Crippen molar-refractivity contribution in [2.45, 2.75) is 99.3 Å². The monoisotopic (exact) mass is 557 g/mol. The summed E-state index contributed by atoms with van der Waals surface area (Å²) in [6.07, 6.45) is 1.96. The molecule has 1 aromatic carbocycles. The SMILES string of the molecule is CC(C=O)C=C(C(C)C)N(C)C(=O)[C@@H](NC(=O)[C@@H](N(C)C(=O)OC(C)(C)C)C(C)(C)c1ccccc1)C(C)(C)C. The Labute approximate surface area is 241 Å². The number of aldehydes is 1. The van der Waals surface area contributed by atoms with Crippen LogP contribution in [0.25, 0.3) is 0 Å². The largest absolute Gasteiger partial charge is 0.444 e. The van der Waals surface area contributed by atoms with Crippen molar-refractivity contribution in [3.8, 4) is 0 Å². The van der Waals surface area contributed by atoms with E-state index in [2.05, 4.69) is 5.32 Å². The normalized spacial score (nSPS) is 15.1. The van der Waals surface area contributed by atoms with Gasteiger partial charge in [0.05, 0.1) is 0 Å². The number of hydrogen-bond acceptors (Lipinski definition) is 5. The van der Waals surface area contributed by atoms with E-state index in [1.54, 1.807) is 47.9 Å². The Bertz CT molecular complexity index is 1060. The Hall–Kier alpha value is -3.16. The van der Waals surface area contributed by atoms with Crippen molar-refractivity contribution in [2.75, 3.05) is 14.1 Å². The van der Waals surface area contributed by atoms with Gasteiger partial charge in [0.25, 0.3) is 0 Å². The van der Waals surface area contributed by atoms with E-state index < -0.39 is 40.5 Å². The molecule has 8 nitrogen and oxygen atoms in total. The number of amides is 3. The van der Waals surface area contributed by atoms with Gasteiger partial charge in [0.15, 0.2) is 0 Å². The van der Waals surface area contributed by atoms with Crippen LogP contribution >= 0.6 is 0 Å². The number of carbonyl (C=O) groups excluding carboxylic acids is 4. The molecule has 224 valence electrons. The average molecular weight is 558 g/mol. The van der Waals surface area contributed by atoms with Crippen molar-refractivity contribution in [1.29, 1.82) is 0 Å². The number of allylic oxidation sites excluding steroid dienone is 2. The topological polar surface area (TPSA) is 96.0 Å². The van der Waals surface area contributed by atoms with Gasteiger partial charge in [0.2, 0.25) is 11.8 Å². The fraction of sp³-hybridized carbons (Fsp3) is 0.625. The molecule has 3 amide bonds. The van der Waals surface area contributed by atoms with E-state index in [0.29, 0.717) is 5.70 Å². The van der Waals surface area contributed by atoms with Crippen molar-refractivity contribution >= 4 is 24.2 Å². The summed E-state index contributed by atoms with van der Waals surface area (Å²) in [5.74, 6) is -1.18. The van der Waals surface area contributed by atoms with Crippen molar-refractivity contribution in [2.24, 2.45) is 17.3 Å². The lowest BCUT2D eigenvalue weighted by Gasteiger charge is -2.42. The summed E-state index contributed by atoms with van der Waals surface area (Å²) < 4.78 is 5.62. The molecule has 0 saturated heterocycles. The third-order valence-corrected chi connectivity index (χ3v) is 6.88. The predicted molar refractivity (Wildman–Crippen MR) is 160 cm³/mol. The van der Waals surface area contributed by atoms with E-state index in [0.717, 1.165) is 11.8 Å². The first-order valence-electron chi connectivity index (χ1n) is 13.9. The Kier molecular flexibility index (Phi) is 11.7. The van der Waals surface area contributed by atoms with E-state index in [1.165, 1.54) is 9.80 Å². The molecular formula is C32H51N3O5. The van der Waals surface area contributed by atoms with Gasteiger partial charge in [-0.2, -0.15) is 0 Å². The van der Waals surface area contributed by atoms with Crippen LogP contribution in [0.2, 0.25) is 0 Å². The van der Waals surface area contributed by atoms with E-state index in [4.69, 9.17) is 4.74 Å². The van der Waals surface area contributed by atoms with Crippen molar-refractivity contribution < 1.29 is 23.9 Å². The van der Waals surface area contributed by atoms with Crippen LogP contribution < -0.4 is 5.32 Å². The summed E-state index contributed by atoms with van der Waals surface area (Å²) in [6.45, 7) is 20.4. The number of hydrogen-bond donors (Lipinski definition) is 1. The summed E-state index contributed by atoms with van der Waals surface area (Å²) in [6, 6.07) is 7.57. The van der Waals surface area contributed by atoms with Gasteiger partial charge in [-0.25, -0.2) is 4.79 Å². The molecular weight excluding hydrogens is 506 g/mol. The summed E-state index contributed by atoms with van der Waals surface area (Å²) in [5.41, 5.74) is -0.703. The standard InChI is InChI=1S/C32H51N3O5/c1-21(2)24(19-22(3)20-36)34(12)28(38)25(30(4,5)6)33-27(37)26(35(13)29(39)40-31(7,8)9)32(10,11)23-17-15-14-16-18-23/h14-22,25-26H,1-13H3,(H,33,37)/t22?,25-,26-/m1/s1. The molecule has 0 heterocycles. The van der Waals surface area contributed by atoms with Gasteiger partial charge < -0.3 is 19.7 Å². The number of rotatable bonds is 10. The molecule has 0 radical (unpaired) electrons. The van der Waals surface area contributed by atoms with Gasteiger partial charge in [-0.15, -0.1) is 0 Å². The molecule has 0 aromatic heterocycles. The van der Waals surface area contributed by atoms with E-state index in [1.807, 2.05) is 78.8 Å². The van der Waals surface area contributed by atoms with E-state index >= 15 is 0 Å². The second-order valence-electron chi connectivity index (χ2n) is 13.5. The zero-order valence-electron chi connectivity index (χ0n) is 26.8. The van der Waals surface area contributed by atoms with Crippen LogP contribution in [0.15, 0.2) is 42.1 Å². The second kappa shape index (κ2) is 13.5. The average Bonchev–Trinajstić information content (AvgIpc) is 2.83. The molecule has 0 spiro atoms. The van der Waals surface area contributed by atoms with Gasteiger partial charge in [-0.1, -0.05) is 91.8 Å². The highest BCUT2D eigenvalue weighted by Crippen LogP contribution is 2.32. The maximum absolute atomic E-state index is 14.2. The van der Waals surface area contributed by atoms with Gasteiger partial charge in [-0.3, -0.25) is 14.5 Å². The molecule has 0 saturated carbocycles. The maximum Gasteiger partial charge on any atom is 0.410 e. The number of benzene rings is 1. The minimum absolute atomic E-state index is 0.0317. The number of nitrogens with zero attached hydrogens (tertiary/aromatic N) is 2. The van der Waals surface area contributed by atoms with Gasteiger partial charge in [0.1, 0.15) is 24.0 Å². The van der Waals surface area contributed by atoms with Crippen molar-refractivity contribution in [3.05, 3.63) is 47.7 Å². The van der Waals surface area contributed by atoms with Gasteiger partial charge in [-0.05, 0) is 37.7 Å². The Balaban J connectivity index is 3.59. The molecule has 0 aliphatic carbocycles. The Morgan fingerprint density at radius 1 is 0.900 bits per heavy atom. The highest BCUT2D eigenvalue weighted by atomic mass is 16.6. The molecule has 0 aliphatic rings. The molecule has 40 heavy (non-hydrogen) atoms. The molecule has 1 aromatic rings. The van der Waals surface area contributed by atoms with Crippen LogP contribution in [0, 0.1) is 17.3 Å². The first kappa shape index (κ1) is 34.9. The zero-order valence-corrected chi connectivity index (χ0v) is 26.8. The molecule has 8 heteroatoms. The summed E-state index contributed by atoms with van der Waals surface area (Å²) in [5, 5.41) is 3.00. The number of carbonyl (C=O) groups is 4. The van der Waals surface area contributed by atoms with Crippen LogP contribution in [0.5, 0.6) is 0 Å². The summed E-state index contributed by atoms with van der Waals surface area (Å²) >= 11 is 0. The molecule has 0 bridgehead atoms. The fourth-order valence-electron chi connectivity index (χ4n) is 4.64. The number of ether oxygens (including phenoxy) is 1. The third-order valence-electron chi connectivity index (χ3n) is 6.88. The smallest absolute Gasteiger partial charge is 0.410 e. The number of nitrogens with one attached hydrogen (secondary N) is 1. The van der Waals surface area contributed by atoms with Gasteiger partial charge in [0, 0.05) is 31.1 Å². The van der Waals surface area contributed by atoms with Crippen molar-refractivity contribution in [3.63, 3.8) is 0 Å². The Morgan fingerprint density at radius 2 is 1.43 bits per heavy atom. The minimum Gasteiger partial charge on any atom is -0.444 e. The van der Waals surface area contributed by atoms with E-state index in [9.17, 15) is 19.2 Å². The molecule has 0 fully saturated rings. The quantitative estimate of drug-likeness (QED) is 0.380. The lowest BCUT2D eigenvalue weighted by Crippen LogP contribution is -2.62.